The number of likely N-dealkylation sites (N-methyl/N-ethyl adjacent to an activating group) is 1. The molecule has 0 saturated heterocycles. The summed E-state index contributed by atoms with van der Waals surface area (Å²) in [6.45, 7) is 4.66. The summed E-state index contributed by atoms with van der Waals surface area (Å²) >= 11 is 0. The molecule has 1 amide bonds. The number of aliphatic hydroxyl groups is 1. The number of amides is 1. The number of hydrogen-bond donors (Lipinski definition) is 2. The van der Waals surface area contributed by atoms with E-state index in [4.69, 9.17) is 9.05 Å². The number of carbonyl (C=O) groups is 1. The van der Waals surface area contributed by atoms with E-state index in [1.807, 2.05) is 27.2 Å². The Morgan fingerprint density at radius 3 is 1.07 bits per heavy atom. The van der Waals surface area contributed by atoms with Gasteiger partial charge in [-0.1, -0.05) is 331 Å². The summed E-state index contributed by atoms with van der Waals surface area (Å²) in [7, 11) is 1.26. The normalized spacial score (nSPS) is 14.0. The average Bonchev–Trinajstić information content (AvgIpc) is 3.47. The monoisotopic (exact) mass is 1170 g/mol. The van der Waals surface area contributed by atoms with Crippen molar-refractivity contribution in [2.24, 2.45) is 0 Å². The molecule has 482 valence electrons. The van der Waals surface area contributed by atoms with Gasteiger partial charge >= 0.3 is 0 Å². The number of allylic oxidation sites excluding steroid dienone is 9. The van der Waals surface area contributed by atoms with Crippen LogP contribution in [0.3, 0.4) is 0 Å². The molecule has 0 heterocycles. The van der Waals surface area contributed by atoms with Crippen LogP contribution in [0.15, 0.2) is 60.8 Å². The SMILES string of the molecule is CCCCCCC/C=C\C/C=C\C/C=C\CCCCCCCCCCCCCCCCCCCCCCCCCCCCC(=O)NC(COP(=O)([O-])OCC[N+](C)(C)C)C(O)/C=C/CC/C=C/CCCCCCCCCCCCCCC. The number of hydrogen-bond acceptors (Lipinski definition) is 6. The third kappa shape index (κ3) is 65.7. The van der Waals surface area contributed by atoms with Crippen molar-refractivity contribution in [1.29, 1.82) is 0 Å². The lowest BCUT2D eigenvalue weighted by molar-refractivity contribution is -0.870. The molecule has 0 aliphatic carbocycles. The molecule has 0 rings (SSSR count). The van der Waals surface area contributed by atoms with Crippen LogP contribution in [-0.2, 0) is 18.4 Å². The van der Waals surface area contributed by atoms with E-state index in [2.05, 4.69) is 67.8 Å². The molecule has 9 heteroatoms. The van der Waals surface area contributed by atoms with E-state index in [9.17, 15) is 19.4 Å². The van der Waals surface area contributed by atoms with E-state index >= 15 is 0 Å². The van der Waals surface area contributed by atoms with E-state index in [-0.39, 0.29) is 19.1 Å². The largest absolute Gasteiger partial charge is 0.756 e. The van der Waals surface area contributed by atoms with Crippen LogP contribution in [0.4, 0.5) is 0 Å². The van der Waals surface area contributed by atoms with Crippen LogP contribution in [0.1, 0.15) is 348 Å². The highest BCUT2D eigenvalue weighted by Gasteiger charge is 2.23. The van der Waals surface area contributed by atoms with Crippen molar-refractivity contribution in [3.8, 4) is 0 Å². The fraction of sp³-hybridized carbons (Fsp3) is 0.849. The number of phosphoric acid groups is 1. The molecule has 3 atom stereocenters. The van der Waals surface area contributed by atoms with Gasteiger partial charge in [0, 0.05) is 6.42 Å². The first-order valence-corrected chi connectivity index (χ1v) is 37.1. The van der Waals surface area contributed by atoms with Gasteiger partial charge in [-0.3, -0.25) is 9.36 Å². The molecule has 0 fully saturated rings. The highest BCUT2D eigenvalue weighted by molar-refractivity contribution is 7.45. The first-order chi connectivity index (χ1) is 40.0. The maximum Gasteiger partial charge on any atom is 0.268 e. The molecule has 82 heavy (non-hydrogen) atoms. The van der Waals surface area contributed by atoms with Crippen LogP contribution < -0.4 is 10.2 Å². The van der Waals surface area contributed by atoms with Crippen molar-refractivity contribution in [1.82, 2.24) is 5.32 Å². The molecular weight excluding hydrogens is 1030 g/mol. The number of aliphatic hydroxyl groups excluding tert-OH is 1. The van der Waals surface area contributed by atoms with E-state index in [1.165, 1.54) is 276 Å². The van der Waals surface area contributed by atoms with E-state index in [0.717, 1.165) is 51.4 Å². The van der Waals surface area contributed by atoms with Crippen LogP contribution in [0.25, 0.3) is 0 Å². The molecule has 2 N–H and O–H groups in total. The number of phosphoric ester groups is 1. The summed E-state index contributed by atoms with van der Waals surface area (Å²) in [5, 5.41) is 13.9. The summed E-state index contributed by atoms with van der Waals surface area (Å²) < 4.78 is 23.4. The number of carbonyl (C=O) groups excluding carboxylic acids is 1. The summed E-state index contributed by atoms with van der Waals surface area (Å²) in [6.07, 6.45) is 87.9. The molecule has 0 bridgehead atoms. The average molecular weight is 1170 g/mol. The molecule has 0 aromatic rings. The Morgan fingerprint density at radius 1 is 0.427 bits per heavy atom. The molecule has 0 saturated carbocycles. The molecule has 0 aromatic carbocycles. The molecule has 3 unspecified atom stereocenters. The van der Waals surface area contributed by atoms with Gasteiger partial charge in [-0.15, -0.1) is 0 Å². The van der Waals surface area contributed by atoms with Crippen molar-refractivity contribution in [2.45, 2.75) is 360 Å². The third-order valence-corrected chi connectivity index (χ3v) is 17.2. The van der Waals surface area contributed by atoms with E-state index in [0.29, 0.717) is 17.4 Å². The molecule has 0 aliphatic heterocycles. The Bertz CT molecular complexity index is 1520. The first-order valence-electron chi connectivity index (χ1n) is 35.7. The zero-order chi connectivity index (χ0) is 59.8. The molecule has 8 nitrogen and oxygen atoms in total. The maximum absolute atomic E-state index is 13.0. The Labute approximate surface area is 511 Å². The maximum atomic E-state index is 13.0. The molecule has 0 aliphatic rings. The standard InChI is InChI=1S/C73H139N2O6P/c1-6-8-10-12-14-16-18-20-22-24-26-27-28-29-30-31-32-33-34-35-36-37-38-39-40-41-42-43-44-45-46-47-49-51-53-55-57-59-61-63-65-67-73(77)74-71(70-81-82(78,79)80-69-68-75(3,4)5)72(76)66-64-62-60-58-56-54-52-50-48-25-23-21-19-17-15-13-11-9-7-2/h18,20,24,26,28-29,56,58,64,66,71-72,76H,6-17,19,21-23,25,27,30-55,57,59-63,65,67-70H2,1-5H3,(H-,74,77,78,79)/b20-18-,26-24-,29-28-,58-56+,66-64+. The topological polar surface area (TPSA) is 108 Å². The van der Waals surface area contributed by atoms with Crippen LogP contribution in [0, 0.1) is 0 Å². The number of nitrogens with zero attached hydrogens (tertiary/aromatic N) is 1. The molecule has 0 spiro atoms. The summed E-state index contributed by atoms with van der Waals surface area (Å²) in [5.41, 5.74) is 0. The minimum absolute atomic E-state index is 0.00538. The van der Waals surface area contributed by atoms with Crippen molar-refractivity contribution in [2.75, 3.05) is 40.9 Å². The third-order valence-electron chi connectivity index (χ3n) is 16.2. The van der Waals surface area contributed by atoms with Crippen molar-refractivity contribution in [3.63, 3.8) is 0 Å². The minimum Gasteiger partial charge on any atom is -0.756 e. The van der Waals surface area contributed by atoms with Crippen molar-refractivity contribution in [3.05, 3.63) is 60.8 Å². The fourth-order valence-corrected chi connectivity index (χ4v) is 11.4. The fourth-order valence-electron chi connectivity index (χ4n) is 10.7. The zero-order valence-corrected chi connectivity index (χ0v) is 56.1. The summed E-state index contributed by atoms with van der Waals surface area (Å²) in [6, 6.07) is -0.904. The molecule has 0 radical (unpaired) electrons. The summed E-state index contributed by atoms with van der Waals surface area (Å²) in [4.78, 5) is 25.6. The smallest absolute Gasteiger partial charge is 0.268 e. The summed E-state index contributed by atoms with van der Waals surface area (Å²) in [5.74, 6) is -0.201. The number of quaternary nitrogens is 1. The van der Waals surface area contributed by atoms with Gasteiger partial charge in [-0.25, -0.2) is 0 Å². The number of nitrogens with one attached hydrogen (secondary N) is 1. The Kier molecular flexibility index (Phi) is 62.3. The van der Waals surface area contributed by atoms with Crippen LogP contribution in [0.2, 0.25) is 0 Å². The first kappa shape index (κ1) is 80.2. The van der Waals surface area contributed by atoms with Gasteiger partial charge < -0.3 is 28.8 Å². The Hall–Kier alpha value is -1.80. The lowest BCUT2D eigenvalue weighted by Gasteiger charge is -2.29. The van der Waals surface area contributed by atoms with Gasteiger partial charge in [-0.05, 0) is 70.6 Å². The second-order valence-electron chi connectivity index (χ2n) is 25.6. The van der Waals surface area contributed by atoms with E-state index in [1.54, 1.807) is 6.08 Å². The van der Waals surface area contributed by atoms with Crippen molar-refractivity contribution >= 4 is 13.7 Å². The zero-order valence-electron chi connectivity index (χ0n) is 55.2. The molecule has 0 aromatic heterocycles. The Balaban J connectivity index is 3.93. The quantitative estimate of drug-likeness (QED) is 0.0272. The lowest BCUT2D eigenvalue weighted by Crippen LogP contribution is -2.45. The Morgan fingerprint density at radius 2 is 0.720 bits per heavy atom. The highest BCUT2D eigenvalue weighted by atomic mass is 31.2. The second-order valence-corrected chi connectivity index (χ2v) is 27.0. The molecular formula is C73H139N2O6P. The van der Waals surface area contributed by atoms with Crippen LogP contribution in [0.5, 0.6) is 0 Å². The van der Waals surface area contributed by atoms with E-state index < -0.39 is 20.0 Å². The second kappa shape index (κ2) is 63.7. The van der Waals surface area contributed by atoms with Gasteiger partial charge in [0.15, 0.2) is 0 Å². The minimum atomic E-state index is -4.61. The van der Waals surface area contributed by atoms with Crippen molar-refractivity contribution < 1.29 is 32.9 Å². The van der Waals surface area contributed by atoms with Crippen LogP contribution >= 0.6 is 7.82 Å². The van der Waals surface area contributed by atoms with Gasteiger partial charge in [0.25, 0.3) is 7.82 Å². The highest BCUT2D eigenvalue weighted by Crippen LogP contribution is 2.38. The predicted octanol–water partition coefficient (Wildman–Crippen LogP) is 22.1. The van der Waals surface area contributed by atoms with Gasteiger partial charge in [0.2, 0.25) is 5.91 Å². The van der Waals surface area contributed by atoms with Gasteiger partial charge in [0.1, 0.15) is 13.2 Å². The number of rotatable bonds is 66. The van der Waals surface area contributed by atoms with Gasteiger partial charge in [-0.2, -0.15) is 0 Å². The van der Waals surface area contributed by atoms with Crippen LogP contribution in [-0.4, -0.2) is 68.5 Å². The number of unbranched alkanes of at least 4 members (excludes halogenated alkanes) is 45. The lowest BCUT2D eigenvalue weighted by atomic mass is 10.0. The predicted molar refractivity (Wildman–Crippen MR) is 357 cm³/mol. The van der Waals surface area contributed by atoms with Gasteiger partial charge in [0.05, 0.1) is 39.9 Å².